The van der Waals surface area contributed by atoms with Gasteiger partial charge in [-0.25, -0.2) is 9.78 Å². The van der Waals surface area contributed by atoms with Crippen LogP contribution in [0.5, 0.6) is 0 Å². The summed E-state index contributed by atoms with van der Waals surface area (Å²) in [5.41, 5.74) is 2.57. The second-order valence-corrected chi connectivity index (χ2v) is 7.84. The van der Waals surface area contributed by atoms with Crippen LogP contribution in [0.25, 0.3) is 0 Å². The molecular weight excluding hydrogens is 431 g/mol. The van der Waals surface area contributed by atoms with Gasteiger partial charge in [0.05, 0.1) is 22.0 Å². The lowest BCUT2D eigenvalue weighted by Crippen LogP contribution is -2.23. The van der Waals surface area contributed by atoms with E-state index in [4.69, 9.17) is 27.9 Å². The van der Waals surface area contributed by atoms with Crippen LogP contribution in [0.1, 0.15) is 35.5 Å². The number of thiazole rings is 1. The van der Waals surface area contributed by atoms with Crippen molar-refractivity contribution in [3.63, 3.8) is 0 Å². The number of halogens is 2. The molecule has 1 amide bonds. The molecule has 0 unspecified atom stereocenters. The number of hydrogen-bond acceptors (Lipinski definition) is 5. The summed E-state index contributed by atoms with van der Waals surface area (Å²) >= 11 is 13.3. The number of aromatic nitrogens is 1. The molecule has 0 aliphatic heterocycles. The van der Waals surface area contributed by atoms with Gasteiger partial charge in [-0.2, -0.15) is 0 Å². The first-order valence-electron chi connectivity index (χ1n) is 8.86. The van der Waals surface area contributed by atoms with Crippen LogP contribution in [0, 0.1) is 0 Å². The number of benzene rings is 2. The zero-order valence-corrected chi connectivity index (χ0v) is 18.1. The van der Waals surface area contributed by atoms with Gasteiger partial charge < -0.3 is 4.74 Å². The molecule has 0 fully saturated rings. The molecule has 0 radical (unpaired) electrons. The Morgan fingerprint density at radius 1 is 1.17 bits per heavy atom. The standard InChI is InChI=1S/C21H18Cl2N2O3S/c1-3-14-6-4-5-7-19(14)25(13(2)26)21-24-16(12-29-21)11-28-20(27)17-10-15(22)8-9-18(17)23/h4-10,12H,3,11H2,1-2H3. The molecule has 1 heterocycles. The molecule has 0 saturated heterocycles. The number of carbonyl (C=O) groups is 2. The van der Waals surface area contributed by atoms with E-state index in [0.717, 1.165) is 17.7 Å². The number of rotatable bonds is 6. The van der Waals surface area contributed by atoms with Crippen molar-refractivity contribution in [1.29, 1.82) is 0 Å². The van der Waals surface area contributed by atoms with E-state index in [1.165, 1.54) is 30.4 Å². The summed E-state index contributed by atoms with van der Waals surface area (Å²) in [5.74, 6) is -0.735. The van der Waals surface area contributed by atoms with Gasteiger partial charge in [-0.3, -0.25) is 9.69 Å². The molecule has 8 heteroatoms. The van der Waals surface area contributed by atoms with E-state index < -0.39 is 5.97 Å². The van der Waals surface area contributed by atoms with Crippen molar-refractivity contribution >= 4 is 57.2 Å². The maximum atomic E-state index is 12.3. The normalized spacial score (nSPS) is 10.6. The number of carbonyl (C=O) groups excluding carboxylic acids is 2. The monoisotopic (exact) mass is 448 g/mol. The fourth-order valence-electron chi connectivity index (χ4n) is 2.77. The molecule has 0 saturated carbocycles. The van der Waals surface area contributed by atoms with Gasteiger partial charge in [0, 0.05) is 17.3 Å². The van der Waals surface area contributed by atoms with Crippen LogP contribution in [0.15, 0.2) is 47.8 Å². The summed E-state index contributed by atoms with van der Waals surface area (Å²) in [6.07, 6.45) is 0.788. The van der Waals surface area contributed by atoms with Gasteiger partial charge in [-0.1, -0.05) is 48.3 Å². The molecule has 29 heavy (non-hydrogen) atoms. The highest BCUT2D eigenvalue weighted by molar-refractivity contribution is 7.14. The van der Waals surface area contributed by atoms with Crippen molar-refractivity contribution in [1.82, 2.24) is 4.98 Å². The molecule has 0 bridgehead atoms. The van der Waals surface area contributed by atoms with Crippen LogP contribution < -0.4 is 4.90 Å². The third-order valence-corrected chi connectivity index (χ3v) is 5.60. The fraction of sp³-hybridized carbons (Fsp3) is 0.190. The van der Waals surface area contributed by atoms with Gasteiger partial charge in [0.15, 0.2) is 5.13 Å². The Morgan fingerprint density at radius 2 is 1.93 bits per heavy atom. The van der Waals surface area contributed by atoms with Crippen molar-refractivity contribution in [2.75, 3.05) is 4.90 Å². The lowest BCUT2D eigenvalue weighted by Gasteiger charge is -2.20. The highest BCUT2D eigenvalue weighted by Crippen LogP contribution is 2.32. The minimum atomic E-state index is -0.591. The first-order chi connectivity index (χ1) is 13.9. The average molecular weight is 449 g/mol. The van der Waals surface area contributed by atoms with E-state index in [1.54, 1.807) is 16.3 Å². The summed E-state index contributed by atoms with van der Waals surface area (Å²) in [6.45, 7) is 3.48. The van der Waals surface area contributed by atoms with Crippen LogP contribution in [0.3, 0.4) is 0 Å². The number of nitrogens with zero attached hydrogens (tertiary/aromatic N) is 2. The first kappa shape index (κ1) is 21.3. The Balaban J connectivity index is 1.78. The number of ether oxygens (including phenoxy) is 1. The Kier molecular flexibility index (Phi) is 6.90. The molecule has 2 aromatic carbocycles. The van der Waals surface area contributed by atoms with Crippen LogP contribution in [-0.2, 0) is 22.6 Å². The zero-order chi connectivity index (χ0) is 21.0. The summed E-state index contributed by atoms with van der Waals surface area (Å²) < 4.78 is 5.31. The molecule has 0 aliphatic rings. The second-order valence-electron chi connectivity index (χ2n) is 6.16. The Hall–Kier alpha value is -2.41. The zero-order valence-electron chi connectivity index (χ0n) is 15.8. The summed E-state index contributed by atoms with van der Waals surface area (Å²) in [4.78, 5) is 30.7. The minimum absolute atomic E-state index is 0.0423. The van der Waals surface area contributed by atoms with Crippen molar-refractivity contribution < 1.29 is 14.3 Å². The highest BCUT2D eigenvalue weighted by atomic mass is 35.5. The van der Waals surface area contributed by atoms with Crippen LogP contribution in [-0.4, -0.2) is 16.9 Å². The van der Waals surface area contributed by atoms with Crippen molar-refractivity contribution in [3.8, 4) is 0 Å². The molecule has 1 aromatic heterocycles. The van der Waals surface area contributed by atoms with E-state index in [2.05, 4.69) is 4.98 Å². The van der Waals surface area contributed by atoms with Gasteiger partial charge in [0.2, 0.25) is 5.91 Å². The van der Waals surface area contributed by atoms with E-state index >= 15 is 0 Å². The van der Waals surface area contributed by atoms with Gasteiger partial charge in [-0.05, 0) is 36.2 Å². The molecule has 0 aliphatic carbocycles. The Bertz CT molecular complexity index is 1050. The van der Waals surface area contributed by atoms with Crippen LogP contribution >= 0.6 is 34.5 Å². The smallest absolute Gasteiger partial charge is 0.340 e. The number of aryl methyl sites for hydroxylation is 1. The summed E-state index contributed by atoms with van der Waals surface area (Å²) in [7, 11) is 0. The van der Waals surface area contributed by atoms with Crippen molar-refractivity contribution in [2.45, 2.75) is 26.9 Å². The maximum Gasteiger partial charge on any atom is 0.340 e. The molecule has 5 nitrogen and oxygen atoms in total. The highest BCUT2D eigenvalue weighted by Gasteiger charge is 2.21. The predicted octanol–water partition coefficient (Wildman–Crippen LogP) is 6.05. The lowest BCUT2D eigenvalue weighted by atomic mass is 10.1. The summed E-state index contributed by atoms with van der Waals surface area (Å²) in [5, 5.41) is 2.93. The second kappa shape index (κ2) is 9.39. The van der Waals surface area contributed by atoms with E-state index in [9.17, 15) is 9.59 Å². The molecule has 3 rings (SSSR count). The number of amides is 1. The van der Waals surface area contributed by atoms with Gasteiger partial charge in [-0.15, -0.1) is 11.3 Å². The number of anilines is 2. The molecule has 0 atom stereocenters. The quantitative estimate of drug-likeness (QED) is 0.430. The lowest BCUT2D eigenvalue weighted by molar-refractivity contribution is -0.115. The van der Waals surface area contributed by atoms with Crippen molar-refractivity contribution in [3.05, 3.63) is 74.7 Å². The number of para-hydroxylation sites is 1. The van der Waals surface area contributed by atoms with E-state index in [1.807, 2.05) is 31.2 Å². The van der Waals surface area contributed by atoms with Gasteiger partial charge in [0.1, 0.15) is 6.61 Å². The van der Waals surface area contributed by atoms with Crippen LogP contribution in [0.4, 0.5) is 10.8 Å². The first-order valence-corrected chi connectivity index (χ1v) is 10.5. The molecule has 3 aromatic rings. The van der Waals surface area contributed by atoms with Crippen molar-refractivity contribution in [2.24, 2.45) is 0 Å². The molecule has 150 valence electrons. The maximum absolute atomic E-state index is 12.3. The third-order valence-electron chi connectivity index (χ3n) is 4.16. The average Bonchev–Trinajstić information content (AvgIpc) is 3.16. The van der Waals surface area contributed by atoms with E-state index in [0.29, 0.717) is 15.8 Å². The third kappa shape index (κ3) is 4.96. The molecule has 0 spiro atoms. The van der Waals surface area contributed by atoms with Crippen LogP contribution in [0.2, 0.25) is 10.0 Å². The fourth-order valence-corrected chi connectivity index (χ4v) is 4.00. The SMILES string of the molecule is CCc1ccccc1N(C(C)=O)c1nc(COC(=O)c2cc(Cl)ccc2Cl)cs1. The predicted molar refractivity (Wildman–Crippen MR) is 116 cm³/mol. The largest absolute Gasteiger partial charge is 0.456 e. The number of hydrogen-bond donors (Lipinski definition) is 0. The topological polar surface area (TPSA) is 59.5 Å². The van der Waals surface area contributed by atoms with E-state index in [-0.39, 0.29) is 23.1 Å². The Labute approximate surface area is 182 Å². The minimum Gasteiger partial charge on any atom is -0.456 e. The number of esters is 1. The molecular formula is C21H18Cl2N2O3S. The molecule has 0 N–H and O–H groups in total. The van der Waals surface area contributed by atoms with Gasteiger partial charge in [0.25, 0.3) is 0 Å². The summed E-state index contributed by atoms with van der Waals surface area (Å²) in [6, 6.07) is 12.3. The Morgan fingerprint density at radius 3 is 2.66 bits per heavy atom. The van der Waals surface area contributed by atoms with Gasteiger partial charge >= 0.3 is 5.97 Å².